The number of benzene rings is 2. The number of carbonyl (C=O) groups is 2. The lowest BCUT2D eigenvalue weighted by Crippen LogP contribution is -2.29. The number of ether oxygens (including phenoxy) is 6. The second-order valence-corrected chi connectivity index (χ2v) is 9.48. The number of hydrogen-bond acceptors (Lipinski definition) is 8. The predicted octanol–water partition coefficient (Wildman–Crippen LogP) is 3.81. The van der Waals surface area contributed by atoms with Crippen molar-refractivity contribution < 1.29 is 38.0 Å². The second kappa shape index (κ2) is 8.17. The Bertz CT molecular complexity index is 1090. The van der Waals surface area contributed by atoms with Crippen LogP contribution in [0.4, 0.5) is 0 Å². The van der Waals surface area contributed by atoms with Crippen LogP contribution in [0.25, 0.3) is 0 Å². The highest BCUT2D eigenvalue weighted by molar-refractivity contribution is 5.77. The fourth-order valence-corrected chi connectivity index (χ4v) is 4.24. The Morgan fingerprint density at radius 3 is 2.27 bits per heavy atom. The molecule has 8 nitrogen and oxygen atoms in total. The summed E-state index contributed by atoms with van der Waals surface area (Å²) in [5.41, 5.74) is 1.04. The van der Waals surface area contributed by atoms with Gasteiger partial charge in [-0.1, -0.05) is 12.1 Å². The molecule has 3 aliphatic rings. The Kier molecular flexibility index (Phi) is 5.31. The summed E-state index contributed by atoms with van der Waals surface area (Å²) >= 11 is 0. The molecule has 2 aromatic carbocycles. The van der Waals surface area contributed by atoms with Crippen LogP contribution in [-0.2, 0) is 25.5 Å². The van der Waals surface area contributed by atoms with Gasteiger partial charge in [0.05, 0.1) is 17.9 Å². The average molecular weight is 454 g/mol. The van der Waals surface area contributed by atoms with Gasteiger partial charge in [-0.2, -0.15) is 0 Å². The van der Waals surface area contributed by atoms with Gasteiger partial charge in [-0.15, -0.1) is 0 Å². The van der Waals surface area contributed by atoms with Gasteiger partial charge in [-0.3, -0.25) is 9.59 Å². The summed E-state index contributed by atoms with van der Waals surface area (Å²) in [5, 5.41) is 0. The number of rotatable bonds is 5. The highest BCUT2D eigenvalue weighted by Gasteiger charge is 2.46. The Balaban J connectivity index is 1.42. The maximum atomic E-state index is 13.0. The normalized spacial score (nSPS) is 22.9. The summed E-state index contributed by atoms with van der Waals surface area (Å²) in [6.07, 6.45) is -0.146. The average Bonchev–Trinajstić information content (AvgIpc) is 3.50. The Morgan fingerprint density at radius 1 is 0.939 bits per heavy atom. The maximum absolute atomic E-state index is 13.0. The number of fused-ring (bicyclic) bond motifs is 2. The van der Waals surface area contributed by atoms with Crippen LogP contribution in [-0.4, -0.2) is 32.1 Å². The zero-order valence-electron chi connectivity index (χ0n) is 18.8. The lowest BCUT2D eigenvalue weighted by atomic mass is 9.83. The van der Waals surface area contributed by atoms with Gasteiger partial charge in [0.25, 0.3) is 0 Å². The maximum Gasteiger partial charge on any atom is 0.311 e. The minimum absolute atomic E-state index is 0.0656. The molecule has 0 aromatic heterocycles. The molecule has 3 aliphatic heterocycles. The van der Waals surface area contributed by atoms with Crippen molar-refractivity contribution in [1.29, 1.82) is 0 Å². The Morgan fingerprint density at radius 2 is 1.58 bits per heavy atom. The molecule has 8 heteroatoms. The van der Waals surface area contributed by atoms with Crippen molar-refractivity contribution in [2.75, 3.05) is 20.2 Å². The third-order valence-corrected chi connectivity index (χ3v) is 6.09. The second-order valence-electron chi connectivity index (χ2n) is 9.48. The molecule has 3 heterocycles. The summed E-state index contributed by atoms with van der Waals surface area (Å²) < 4.78 is 33.2. The third kappa shape index (κ3) is 4.17. The largest absolute Gasteiger partial charge is 0.465 e. The van der Waals surface area contributed by atoms with Gasteiger partial charge in [-0.05, 0) is 62.6 Å². The van der Waals surface area contributed by atoms with E-state index in [1.54, 1.807) is 26.8 Å². The van der Waals surface area contributed by atoms with E-state index in [2.05, 4.69) is 0 Å². The van der Waals surface area contributed by atoms with Crippen LogP contribution in [0.5, 0.6) is 23.0 Å². The van der Waals surface area contributed by atoms with Gasteiger partial charge < -0.3 is 28.4 Å². The van der Waals surface area contributed by atoms with E-state index in [1.165, 1.54) is 0 Å². The van der Waals surface area contributed by atoms with Crippen molar-refractivity contribution in [2.24, 2.45) is 17.3 Å². The molecule has 0 amide bonds. The zero-order chi connectivity index (χ0) is 23.2. The van der Waals surface area contributed by atoms with Crippen LogP contribution in [0, 0.1) is 17.3 Å². The number of hydrogen-bond donors (Lipinski definition) is 0. The van der Waals surface area contributed by atoms with Crippen LogP contribution < -0.4 is 18.9 Å². The number of carbonyl (C=O) groups excluding carboxylic acids is 2. The van der Waals surface area contributed by atoms with Gasteiger partial charge >= 0.3 is 11.9 Å². The molecule has 0 N–H and O–H groups in total. The third-order valence-electron chi connectivity index (χ3n) is 6.09. The van der Waals surface area contributed by atoms with E-state index in [0.717, 1.165) is 11.1 Å². The minimum Gasteiger partial charge on any atom is -0.465 e. The van der Waals surface area contributed by atoms with Gasteiger partial charge in [0.15, 0.2) is 23.0 Å². The first-order valence-electron chi connectivity index (χ1n) is 11.0. The summed E-state index contributed by atoms with van der Waals surface area (Å²) in [7, 11) is 0. The first kappa shape index (κ1) is 21.4. The van der Waals surface area contributed by atoms with Gasteiger partial charge in [0.1, 0.15) is 6.10 Å². The summed E-state index contributed by atoms with van der Waals surface area (Å²) in [6.45, 7) is 5.79. The number of esters is 2. The molecule has 0 aliphatic carbocycles. The Labute approximate surface area is 191 Å². The van der Waals surface area contributed by atoms with Gasteiger partial charge in [-0.25, -0.2) is 0 Å². The SMILES string of the molecule is CC(C)(C)C(=O)OC[C@H]1[C@H](Cc2ccc3c(c2)OCO3)C(=O)O[C@H]1c1ccc2c(c1)OCO2. The van der Waals surface area contributed by atoms with Crippen LogP contribution in [0.3, 0.4) is 0 Å². The fourth-order valence-electron chi connectivity index (χ4n) is 4.24. The molecule has 174 valence electrons. The van der Waals surface area contributed by atoms with Crippen molar-refractivity contribution in [3.63, 3.8) is 0 Å². The smallest absolute Gasteiger partial charge is 0.311 e. The first-order chi connectivity index (χ1) is 15.8. The monoisotopic (exact) mass is 454 g/mol. The van der Waals surface area contributed by atoms with E-state index in [9.17, 15) is 9.59 Å². The highest BCUT2D eigenvalue weighted by atomic mass is 16.7. The lowest BCUT2D eigenvalue weighted by Gasteiger charge is -2.24. The fraction of sp³-hybridized carbons (Fsp3) is 0.440. The van der Waals surface area contributed by atoms with E-state index in [-0.39, 0.29) is 38.0 Å². The van der Waals surface area contributed by atoms with Crippen molar-refractivity contribution in [3.8, 4) is 23.0 Å². The topological polar surface area (TPSA) is 89.5 Å². The van der Waals surface area contributed by atoms with Gasteiger partial charge in [0, 0.05) is 5.92 Å². The predicted molar refractivity (Wildman–Crippen MR) is 115 cm³/mol. The summed E-state index contributed by atoms with van der Waals surface area (Å²) in [4.78, 5) is 25.5. The van der Waals surface area contributed by atoms with Crippen molar-refractivity contribution in [3.05, 3.63) is 47.5 Å². The quantitative estimate of drug-likeness (QED) is 0.630. The molecule has 5 rings (SSSR count). The van der Waals surface area contributed by atoms with Crippen LogP contribution in [0.15, 0.2) is 36.4 Å². The molecule has 0 saturated carbocycles. The minimum atomic E-state index is -0.648. The molecular weight excluding hydrogens is 428 g/mol. The van der Waals surface area contributed by atoms with Crippen molar-refractivity contribution in [2.45, 2.75) is 33.3 Å². The standard InChI is InChI=1S/C25H26O8/c1-25(2,3)24(27)28-11-17-16(8-14-4-6-18-20(9-14)31-12-29-18)23(26)33-22(17)15-5-7-19-21(10-15)32-13-30-19/h4-7,9-10,16-17,22H,8,11-13H2,1-3H3/t16-,17-,22-/m0/s1. The number of cyclic esters (lactones) is 1. The summed E-state index contributed by atoms with van der Waals surface area (Å²) in [6, 6.07) is 11.1. The molecule has 0 bridgehead atoms. The van der Waals surface area contributed by atoms with E-state index < -0.39 is 17.4 Å². The van der Waals surface area contributed by atoms with Crippen molar-refractivity contribution >= 4 is 11.9 Å². The molecule has 0 spiro atoms. The van der Waals surface area contributed by atoms with Crippen LogP contribution in [0.1, 0.15) is 38.0 Å². The van der Waals surface area contributed by atoms with E-state index in [1.807, 2.05) is 30.3 Å². The molecule has 1 saturated heterocycles. The highest BCUT2D eigenvalue weighted by Crippen LogP contribution is 2.45. The molecule has 1 fully saturated rings. The van der Waals surface area contributed by atoms with E-state index >= 15 is 0 Å². The van der Waals surface area contributed by atoms with Gasteiger partial charge in [0.2, 0.25) is 13.6 Å². The van der Waals surface area contributed by atoms with Crippen LogP contribution >= 0.6 is 0 Å². The molecule has 33 heavy (non-hydrogen) atoms. The molecule has 3 atom stereocenters. The van der Waals surface area contributed by atoms with Crippen molar-refractivity contribution in [1.82, 2.24) is 0 Å². The molecule has 0 unspecified atom stereocenters. The Hall–Kier alpha value is -3.42. The van der Waals surface area contributed by atoms with Crippen LogP contribution in [0.2, 0.25) is 0 Å². The molecule has 2 aromatic rings. The molecular formula is C25H26O8. The lowest BCUT2D eigenvalue weighted by molar-refractivity contribution is -0.155. The van der Waals surface area contributed by atoms with E-state index in [0.29, 0.717) is 29.4 Å². The molecule has 0 radical (unpaired) electrons. The zero-order valence-corrected chi connectivity index (χ0v) is 18.8. The first-order valence-corrected chi connectivity index (χ1v) is 11.0. The van der Waals surface area contributed by atoms with E-state index in [4.69, 9.17) is 28.4 Å². The summed E-state index contributed by atoms with van der Waals surface area (Å²) in [5.74, 6) is 1.08.